The lowest BCUT2D eigenvalue weighted by molar-refractivity contribution is -0.111. The van der Waals surface area contributed by atoms with Crippen LogP contribution in [0, 0.1) is 5.82 Å². The van der Waals surface area contributed by atoms with Gasteiger partial charge in [0.05, 0.1) is 6.61 Å². The van der Waals surface area contributed by atoms with E-state index in [1.165, 1.54) is 24.6 Å². The molecule has 0 fully saturated rings. The summed E-state index contributed by atoms with van der Waals surface area (Å²) in [6.07, 6.45) is 6.43. The first-order chi connectivity index (χ1) is 11.7. The zero-order chi connectivity index (χ0) is 17.2. The molecule has 0 aliphatic heterocycles. The largest absolute Gasteiger partial charge is 0.494 e. The van der Waals surface area contributed by atoms with Gasteiger partial charge in [0, 0.05) is 11.8 Å². The molecule has 0 saturated heterocycles. The topological polar surface area (TPSA) is 38.3 Å². The van der Waals surface area contributed by atoms with Crippen molar-refractivity contribution in [2.24, 2.45) is 0 Å². The van der Waals surface area contributed by atoms with Gasteiger partial charge < -0.3 is 10.1 Å². The van der Waals surface area contributed by atoms with Crippen LogP contribution in [-0.2, 0) is 4.79 Å². The zero-order valence-electron chi connectivity index (χ0n) is 13.8. The maximum atomic E-state index is 12.8. The number of ether oxygens (including phenoxy) is 1. The Morgan fingerprint density at radius 1 is 1.08 bits per heavy atom. The number of benzene rings is 2. The number of halogens is 1. The predicted molar refractivity (Wildman–Crippen MR) is 95.5 cm³/mol. The fraction of sp³-hybridized carbons (Fsp3) is 0.250. The fourth-order valence-corrected chi connectivity index (χ4v) is 2.11. The van der Waals surface area contributed by atoms with Crippen molar-refractivity contribution in [1.29, 1.82) is 0 Å². The number of unbranched alkanes of at least 4 members (excludes halogenated alkanes) is 2. The number of hydrogen-bond acceptors (Lipinski definition) is 2. The highest BCUT2D eigenvalue weighted by molar-refractivity contribution is 6.01. The molecule has 1 N–H and O–H groups in total. The highest BCUT2D eigenvalue weighted by Crippen LogP contribution is 2.16. The summed E-state index contributed by atoms with van der Waals surface area (Å²) in [4.78, 5) is 11.9. The first kappa shape index (κ1) is 17.7. The van der Waals surface area contributed by atoms with E-state index in [2.05, 4.69) is 12.2 Å². The third-order valence-electron chi connectivity index (χ3n) is 3.44. The van der Waals surface area contributed by atoms with Crippen molar-refractivity contribution in [3.05, 3.63) is 66.0 Å². The minimum Gasteiger partial charge on any atom is -0.494 e. The van der Waals surface area contributed by atoms with E-state index < -0.39 is 0 Å². The van der Waals surface area contributed by atoms with Crippen molar-refractivity contribution in [1.82, 2.24) is 0 Å². The van der Waals surface area contributed by atoms with E-state index in [1.54, 1.807) is 30.3 Å². The lowest BCUT2D eigenvalue weighted by atomic mass is 10.2. The molecule has 24 heavy (non-hydrogen) atoms. The maximum Gasteiger partial charge on any atom is 0.248 e. The van der Waals surface area contributed by atoms with Gasteiger partial charge in [-0.3, -0.25) is 4.79 Å². The van der Waals surface area contributed by atoms with E-state index in [-0.39, 0.29) is 11.7 Å². The summed E-state index contributed by atoms with van der Waals surface area (Å²) in [6, 6.07) is 13.2. The Bertz CT molecular complexity index is 663. The Morgan fingerprint density at radius 3 is 2.46 bits per heavy atom. The molecule has 2 aromatic rings. The van der Waals surface area contributed by atoms with Crippen LogP contribution in [0.4, 0.5) is 10.1 Å². The van der Waals surface area contributed by atoms with Gasteiger partial charge in [-0.25, -0.2) is 4.39 Å². The van der Waals surface area contributed by atoms with Crippen LogP contribution in [0.1, 0.15) is 31.7 Å². The maximum absolute atomic E-state index is 12.8. The Kier molecular flexibility index (Phi) is 7.02. The van der Waals surface area contributed by atoms with Crippen LogP contribution >= 0.6 is 0 Å². The molecule has 0 heterocycles. The molecule has 0 aliphatic carbocycles. The number of hydrogen-bond donors (Lipinski definition) is 1. The molecule has 2 rings (SSSR count). The molecule has 0 saturated carbocycles. The minimum atomic E-state index is -0.298. The molecule has 0 unspecified atom stereocenters. The lowest BCUT2D eigenvalue weighted by Crippen LogP contribution is -2.07. The van der Waals surface area contributed by atoms with Gasteiger partial charge >= 0.3 is 0 Å². The van der Waals surface area contributed by atoms with Gasteiger partial charge in [-0.15, -0.1) is 0 Å². The smallest absolute Gasteiger partial charge is 0.248 e. The van der Waals surface area contributed by atoms with Crippen LogP contribution in [-0.4, -0.2) is 12.5 Å². The number of anilines is 1. The molecule has 3 nitrogen and oxygen atoms in total. The molecule has 0 spiro atoms. The van der Waals surface area contributed by atoms with Gasteiger partial charge in [0.2, 0.25) is 5.91 Å². The van der Waals surface area contributed by atoms with Crippen molar-refractivity contribution < 1.29 is 13.9 Å². The average molecular weight is 327 g/mol. The highest BCUT2D eigenvalue weighted by Gasteiger charge is 1.99. The van der Waals surface area contributed by atoms with Crippen LogP contribution in [0.15, 0.2) is 54.6 Å². The standard InChI is InChI=1S/C20H22FNO2/c1-2-3-4-15-24-19-12-10-18(11-13-19)22-20(23)14-7-16-5-8-17(21)9-6-16/h5-14H,2-4,15H2,1H3,(H,22,23)/b14-7+. The van der Waals surface area contributed by atoms with Crippen LogP contribution in [0.3, 0.4) is 0 Å². The number of carbonyl (C=O) groups is 1. The fourth-order valence-electron chi connectivity index (χ4n) is 2.11. The van der Waals surface area contributed by atoms with Crippen LogP contribution in [0.5, 0.6) is 5.75 Å². The van der Waals surface area contributed by atoms with Gasteiger partial charge in [0.15, 0.2) is 0 Å². The minimum absolute atomic E-state index is 0.240. The summed E-state index contributed by atoms with van der Waals surface area (Å²) < 4.78 is 18.4. The van der Waals surface area contributed by atoms with Gasteiger partial charge in [-0.1, -0.05) is 31.9 Å². The molecular formula is C20H22FNO2. The molecule has 0 aromatic heterocycles. The van der Waals surface area contributed by atoms with Crippen molar-refractivity contribution in [3.63, 3.8) is 0 Å². The highest BCUT2D eigenvalue weighted by atomic mass is 19.1. The summed E-state index contributed by atoms with van der Waals surface area (Å²) in [6.45, 7) is 2.86. The van der Waals surface area contributed by atoms with E-state index in [0.717, 1.165) is 24.2 Å². The third-order valence-corrected chi connectivity index (χ3v) is 3.44. The zero-order valence-corrected chi connectivity index (χ0v) is 13.8. The molecule has 0 radical (unpaired) electrons. The van der Waals surface area contributed by atoms with E-state index in [9.17, 15) is 9.18 Å². The Hall–Kier alpha value is -2.62. The van der Waals surface area contributed by atoms with Gasteiger partial charge in [0.1, 0.15) is 11.6 Å². The number of amides is 1. The monoisotopic (exact) mass is 327 g/mol. The van der Waals surface area contributed by atoms with E-state index >= 15 is 0 Å². The Morgan fingerprint density at radius 2 is 1.79 bits per heavy atom. The molecule has 0 bridgehead atoms. The molecule has 2 aromatic carbocycles. The summed E-state index contributed by atoms with van der Waals surface area (Å²) in [7, 11) is 0. The van der Waals surface area contributed by atoms with Crippen molar-refractivity contribution in [2.45, 2.75) is 26.2 Å². The van der Waals surface area contributed by atoms with Gasteiger partial charge in [-0.05, 0) is 54.5 Å². The van der Waals surface area contributed by atoms with E-state index in [4.69, 9.17) is 4.74 Å². The number of rotatable bonds is 8. The van der Waals surface area contributed by atoms with E-state index in [0.29, 0.717) is 12.3 Å². The Balaban J connectivity index is 1.82. The van der Waals surface area contributed by atoms with Crippen LogP contribution in [0.25, 0.3) is 6.08 Å². The van der Waals surface area contributed by atoms with Gasteiger partial charge in [0.25, 0.3) is 0 Å². The van der Waals surface area contributed by atoms with Crippen molar-refractivity contribution in [3.8, 4) is 5.75 Å². The summed E-state index contributed by atoms with van der Waals surface area (Å²) in [5.74, 6) is 0.260. The summed E-state index contributed by atoms with van der Waals surface area (Å²) in [5, 5.41) is 2.77. The average Bonchev–Trinajstić information content (AvgIpc) is 2.60. The second kappa shape index (κ2) is 9.50. The molecule has 0 atom stereocenters. The SMILES string of the molecule is CCCCCOc1ccc(NC(=O)/C=C/c2ccc(F)cc2)cc1. The first-order valence-corrected chi connectivity index (χ1v) is 8.15. The molecule has 0 aliphatic rings. The lowest BCUT2D eigenvalue weighted by Gasteiger charge is -2.07. The molecule has 126 valence electrons. The quantitative estimate of drug-likeness (QED) is 0.544. The number of nitrogens with one attached hydrogen (secondary N) is 1. The van der Waals surface area contributed by atoms with Crippen LogP contribution in [0.2, 0.25) is 0 Å². The summed E-state index contributed by atoms with van der Waals surface area (Å²) >= 11 is 0. The molecular weight excluding hydrogens is 305 g/mol. The van der Waals surface area contributed by atoms with Crippen molar-refractivity contribution >= 4 is 17.7 Å². The van der Waals surface area contributed by atoms with Gasteiger partial charge in [-0.2, -0.15) is 0 Å². The Labute approximate surface area is 142 Å². The second-order valence-electron chi connectivity index (χ2n) is 5.45. The third kappa shape index (κ3) is 6.24. The molecule has 4 heteroatoms. The van der Waals surface area contributed by atoms with Crippen molar-refractivity contribution in [2.75, 3.05) is 11.9 Å². The van der Waals surface area contributed by atoms with Crippen LogP contribution < -0.4 is 10.1 Å². The second-order valence-corrected chi connectivity index (χ2v) is 5.45. The normalized spacial score (nSPS) is 10.8. The number of carbonyl (C=O) groups excluding carboxylic acids is 1. The summed E-state index contributed by atoms with van der Waals surface area (Å²) in [5.41, 5.74) is 1.46. The molecule has 1 amide bonds. The predicted octanol–water partition coefficient (Wildman–Crippen LogP) is 5.05. The first-order valence-electron chi connectivity index (χ1n) is 8.15. The van der Waals surface area contributed by atoms with E-state index in [1.807, 2.05) is 12.1 Å².